The van der Waals surface area contributed by atoms with Crippen LogP contribution in [0.15, 0.2) is 103 Å². The molecule has 0 amide bonds. The summed E-state index contributed by atoms with van der Waals surface area (Å²) >= 11 is 0. The van der Waals surface area contributed by atoms with E-state index in [1.165, 1.54) is 22.3 Å². The summed E-state index contributed by atoms with van der Waals surface area (Å²) in [6.45, 7) is 7.53. The molecule has 4 N–H and O–H groups in total. The van der Waals surface area contributed by atoms with Crippen molar-refractivity contribution in [1.29, 1.82) is 0 Å². The summed E-state index contributed by atoms with van der Waals surface area (Å²) in [4.78, 5) is 0. The van der Waals surface area contributed by atoms with E-state index in [9.17, 15) is 20.4 Å². The molecule has 7 rings (SSSR count). The maximum atomic E-state index is 11.8. The Bertz CT molecular complexity index is 2070. The standard InChI is InChI=1S/C42H36O4/c1-23-15-27(10-13-38(23)43)31-17-25(3)41(45)36(21-31)40(30-9-12-35-33(20-30)19-29-7-5-6-8-34(29)35)37-22-32(18-26(4)42(37)46)28-11-14-39(44)24(2)16-28/h5-18,20-22,40,43-46H,19H2,1-4H3. The van der Waals surface area contributed by atoms with Gasteiger partial charge in [-0.1, -0.05) is 54.6 Å². The Morgan fingerprint density at radius 3 is 1.50 bits per heavy atom. The Kier molecular flexibility index (Phi) is 7.09. The third-order valence-corrected chi connectivity index (χ3v) is 9.49. The molecule has 46 heavy (non-hydrogen) atoms. The van der Waals surface area contributed by atoms with Gasteiger partial charge in [-0.3, -0.25) is 0 Å². The summed E-state index contributed by atoms with van der Waals surface area (Å²) in [7, 11) is 0. The van der Waals surface area contributed by atoms with Gasteiger partial charge in [0.1, 0.15) is 23.0 Å². The molecule has 0 saturated carbocycles. The third-order valence-electron chi connectivity index (χ3n) is 9.49. The lowest BCUT2D eigenvalue weighted by Crippen LogP contribution is -2.07. The van der Waals surface area contributed by atoms with Gasteiger partial charge >= 0.3 is 0 Å². The zero-order chi connectivity index (χ0) is 32.3. The maximum Gasteiger partial charge on any atom is 0.122 e. The lowest BCUT2D eigenvalue weighted by Gasteiger charge is -2.25. The fraction of sp³-hybridized carbons (Fsp3) is 0.143. The average Bonchev–Trinajstić information content (AvgIpc) is 3.42. The average molecular weight is 605 g/mol. The summed E-state index contributed by atoms with van der Waals surface area (Å²) in [5.41, 5.74) is 13.9. The van der Waals surface area contributed by atoms with E-state index in [0.29, 0.717) is 11.1 Å². The predicted octanol–water partition coefficient (Wildman–Crippen LogP) is 9.83. The Balaban J connectivity index is 1.47. The Labute approximate surface area is 269 Å². The van der Waals surface area contributed by atoms with Crippen LogP contribution in [0.1, 0.15) is 56.0 Å². The summed E-state index contributed by atoms with van der Waals surface area (Å²) < 4.78 is 0. The van der Waals surface area contributed by atoms with Crippen LogP contribution in [-0.2, 0) is 6.42 Å². The van der Waals surface area contributed by atoms with E-state index in [1.54, 1.807) is 12.1 Å². The van der Waals surface area contributed by atoms with E-state index in [-0.39, 0.29) is 23.0 Å². The number of aryl methyl sites for hydroxylation is 4. The van der Waals surface area contributed by atoms with Crippen molar-refractivity contribution in [3.8, 4) is 56.4 Å². The highest BCUT2D eigenvalue weighted by Crippen LogP contribution is 2.47. The number of phenols is 4. The SMILES string of the molecule is Cc1cc(-c2cc(C)c(O)c(C(c3ccc4c(c3)Cc3ccccc3-4)c3cc(-c4ccc(O)c(C)c4)cc(C)c3O)c2)ccc1O. The monoisotopic (exact) mass is 604 g/mol. The molecule has 0 fully saturated rings. The predicted molar refractivity (Wildman–Crippen MR) is 185 cm³/mol. The van der Waals surface area contributed by atoms with Gasteiger partial charge in [0.25, 0.3) is 0 Å². The molecule has 0 bridgehead atoms. The largest absolute Gasteiger partial charge is 0.508 e. The van der Waals surface area contributed by atoms with Crippen molar-refractivity contribution < 1.29 is 20.4 Å². The fourth-order valence-corrected chi connectivity index (χ4v) is 6.93. The lowest BCUT2D eigenvalue weighted by atomic mass is 9.79. The van der Waals surface area contributed by atoms with Crippen LogP contribution in [0.25, 0.3) is 33.4 Å². The maximum absolute atomic E-state index is 11.8. The molecule has 0 aromatic heterocycles. The van der Waals surface area contributed by atoms with E-state index < -0.39 is 5.92 Å². The molecule has 0 spiro atoms. The molecule has 6 aromatic rings. The Morgan fingerprint density at radius 2 is 0.957 bits per heavy atom. The van der Waals surface area contributed by atoms with Gasteiger partial charge in [0.2, 0.25) is 0 Å². The molecule has 1 aliphatic carbocycles. The smallest absolute Gasteiger partial charge is 0.122 e. The van der Waals surface area contributed by atoms with Crippen LogP contribution in [0.3, 0.4) is 0 Å². The van der Waals surface area contributed by atoms with E-state index in [1.807, 2.05) is 76.2 Å². The second-order valence-corrected chi connectivity index (χ2v) is 12.6. The molecule has 0 saturated heterocycles. The van der Waals surface area contributed by atoms with Gasteiger partial charge in [-0.05, 0) is 155 Å². The molecule has 0 atom stereocenters. The van der Waals surface area contributed by atoms with Gasteiger partial charge in [-0.15, -0.1) is 0 Å². The minimum absolute atomic E-state index is 0.177. The highest BCUT2D eigenvalue weighted by atomic mass is 16.3. The zero-order valence-corrected chi connectivity index (χ0v) is 26.4. The van der Waals surface area contributed by atoms with Crippen molar-refractivity contribution >= 4 is 0 Å². The van der Waals surface area contributed by atoms with Crippen molar-refractivity contribution in [2.45, 2.75) is 40.0 Å². The number of aromatic hydroxyl groups is 4. The number of hydrogen-bond donors (Lipinski definition) is 4. The minimum Gasteiger partial charge on any atom is -0.508 e. The molecule has 1 aliphatic rings. The first-order chi connectivity index (χ1) is 22.1. The number of rotatable bonds is 5. The van der Waals surface area contributed by atoms with Gasteiger partial charge in [-0.25, -0.2) is 0 Å². The van der Waals surface area contributed by atoms with Gasteiger partial charge in [0, 0.05) is 17.0 Å². The van der Waals surface area contributed by atoms with Gasteiger partial charge in [-0.2, -0.15) is 0 Å². The normalized spacial score (nSPS) is 11.9. The summed E-state index contributed by atoms with van der Waals surface area (Å²) in [6.07, 6.45) is 0.821. The van der Waals surface area contributed by atoms with Gasteiger partial charge < -0.3 is 20.4 Å². The molecule has 4 heteroatoms. The van der Waals surface area contributed by atoms with E-state index in [2.05, 4.69) is 42.5 Å². The molecular formula is C42H36O4. The third kappa shape index (κ3) is 4.96. The topological polar surface area (TPSA) is 80.9 Å². The zero-order valence-electron chi connectivity index (χ0n) is 26.4. The van der Waals surface area contributed by atoms with E-state index in [4.69, 9.17) is 0 Å². The van der Waals surface area contributed by atoms with Crippen LogP contribution in [0.5, 0.6) is 23.0 Å². The summed E-state index contributed by atoms with van der Waals surface area (Å²) in [5, 5.41) is 43.9. The molecule has 4 nitrogen and oxygen atoms in total. The van der Waals surface area contributed by atoms with Crippen molar-refractivity contribution in [1.82, 2.24) is 0 Å². The van der Waals surface area contributed by atoms with Gasteiger partial charge in [0.15, 0.2) is 0 Å². The second-order valence-electron chi connectivity index (χ2n) is 12.6. The van der Waals surface area contributed by atoms with Crippen molar-refractivity contribution in [2.24, 2.45) is 0 Å². The molecule has 6 aromatic carbocycles. The van der Waals surface area contributed by atoms with Gasteiger partial charge in [0.05, 0.1) is 0 Å². The first-order valence-electron chi connectivity index (χ1n) is 15.6. The molecule has 0 unspecified atom stereocenters. The second kappa shape index (κ2) is 11.1. The van der Waals surface area contributed by atoms with Crippen LogP contribution in [0, 0.1) is 27.7 Å². The van der Waals surface area contributed by atoms with Crippen LogP contribution in [0.4, 0.5) is 0 Å². The number of fused-ring (bicyclic) bond motifs is 3. The summed E-state index contributed by atoms with van der Waals surface area (Å²) in [6, 6.07) is 34.0. The van der Waals surface area contributed by atoms with Crippen molar-refractivity contribution in [3.63, 3.8) is 0 Å². The Morgan fingerprint density at radius 1 is 0.457 bits per heavy atom. The van der Waals surface area contributed by atoms with Crippen LogP contribution < -0.4 is 0 Å². The Hall–Kier alpha value is -5.48. The number of hydrogen-bond acceptors (Lipinski definition) is 4. The minimum atomic E-state index is -0.497. The number of phenolic OH excluding ortho intramolecular Hbond substituents is 4. The molecule has 228 valence electrons. The van der Waals surface area contributed by atoms with Crippen LogP contribution in [0.2, 0.25) is 0 Å². The molecule has 0 radical (unpaired) electrons. The highest BCUT2D eigenvalue weighted by molar-refractivity contribution is 5.78. The molecule has 0 heterocycles. The fourth-order valence-electron chi connectivity index (χ4n) is 6.93. The van der Waals surface area contributed by atoms with E-state index >= 15 is 0 Å². The summed E-state index contributed by atoms with van der Waals surface area (Å²) in [5.74, 6) is 0.325. The number of benzene rings is 6. The van der Waals surface area contributed by atoms with Crippen molar-refractivity contribution in [3.05, 3.63) is 153 Å². The van der Waals surface area contributed by atoms with Crippen molar-refractivity contribution in [2.75, 3.05) is 0 Å². The lowest BCUT2D eigenvalue weighted by molar-refractivity contribution is 0.454. The first kappa shape index (κ1) is 29.2. The quantitative estimate of drug-likeness (QED) is 0.147. The van der Waals surface area contributed by atoms with E-state index in [0.717, 1.165) is 56.5 Å². The molecule has 0 aliphatic heterocycles. The van der Waals surface area contributed by atoms with Crippen LogP contribution >= 0.6 is 0 Å². The first-order valence-corrected chi connectivity index (χ1v) is 15.6. The molecular weight excluding hydrogens is 568 g/mol. The van der Waals surface area contributed by atoms with Crippen LogP contribution in [-0.4, -0.2) is 20.4 Å². The highest BCUT2D eigenvalue weighted by Gasteiger charge is 2.28.